The van der Waals surface area contributed by atoms with Crippen LogP contribution in [-0.2, 0) is 11.2 Å². The maximum absolute atomic E-state index is 14.0. The molecule has 7 nitrogen and oxygen atoms in total. The molecule has 2 aliphatic rings. The summed E-state index contributed by atoms with van der Waals surface area (Å²) in [5.41, 5.74) is 0.144. The molecule has 2 fully saturated rings. The van der Waals surface area contributed by atoms with Crippen LogP contribution in [0.2, 0.25) is 0 Å². The highest BCUT2D eigenvalue weighted by atomic mass is 32.1. The summed E-state index contributed by atoms with van der Waals surface area (Å²) in [6.45, 7) is 1.17. The second-order valence-electron chi connectivity index (χ2n) is 8.38. The molecule has 2 aromatic rings. The van der Waals surface area contributed by atoms with E-state index in [0.717, 1.165) is 32.1 Å². The Morgan fingerprint density at radius 3 is 2.52 bits per heavy atom. The van der Waals surface area contributed by atoms with Crippen LogP contribution >= 0.6 is 12.2 Å². The zero-order valence-corrected chi connectivity index (χ0v) is 18.7. The molecule has 1 saturated heterocycles. The second-order valence-corrected chi connectivity index (χ2v) is 8.88. The number of aromatic nitrogens is 2. The van der Waals surface area contributed by atoms with Gasteiger partial charge in [-0.05, 0) is 32.1 Å². The van der Waals surface area contributed by atoms with Crippen LogP contribution in [0.1, 0.15) is 37.7 Å². The molecule has 0 amide bonds. The van der Waals surface area contributed by atoms with E-state index in [-0.39, 0.29) is 35.2 Å². The lowest BCUT2D eigenvalue weighted by Gasteiger charge is -2.26. The van der Waals surface area contributed by atoms with Gasteiger partial charge in [-0.25, -0.2) is 18.2 Å². The van der Waals surface area contributed by atoms with Crippen LogP contribution in [-0.4, -0.2) is 51.5 Å². The van der Waals surface area contributed by atoms with Crippen LogP contribution in [0.25, 0.3) is 0 Å². The molecule has 1 aromatic heterocycles. The van der Waals surface area contributed by atoms with E-state index < -0.39 is 17.5 Å². The van der Waals surface area contributed by atoms with Gasteiger partial charge in [-0.3, -0.25) is 0 Å². The number of rotatable bonds is 7. The van der Waals surface area contributed by atoms with Gasteiger partial charge in [-0.15, -0.1) is 0 Å². The number of halogens is 3. The summed E-state index contributed by atoms with van der Waals surface area (Å²) < 4.78 is 46.6. The molecular weight excluding hydrogens is 457 g/mol. The van der Waals surface area contributed by atoms with E-state index in [9.17, 15) is 18.3 Å². The Balaban J connectivity index is 1.49. The van der Waals surface area contributed by atoms with Gasteiger partial charge in [0.25, 0.3) is 0 Å². The van der Waals surface area contributed by atoms with Crippen LogP contribution in [0.5, 0.6) is 0 Å². The monoisotopic (exact) mass is 483 g/mol. The number of hydrogen-bond donors (Lipinski definition) is 4. The van der Waals surface area contributed by atoms with Crippen LogP contribution < -0.4 is 16.0 Å². The van der Waals surface area contributed by atoms with Gasteiger partial charge in [-0.1, -0.05) is 12.2 Å². The van der Waals surface area contributed by atoms with E-state index in [2.05, 4.69) is 25.9 Å². The Labute approximate surface area is 195 Å². The van der Waals surface area contributed by atoms with Crippen LogP contribution in [0, 0.1) is 17.5 Å². The lowest BCUT2D eigenvalue weighted by molar-refractivity contribution is 0.126. The van der Waals surface area contributed by atoms with Crippen LogP contribution in [0.15, 0.2) is 18.3 Å². The molecule has 0 spiro atoms. The Morgan fingerprint density at radius 1 is 1.12 bits per heavy atom. The predicted molar refractivity (Wildman–Crippen MR) is 123 cm³/mol. The van der Waals surface area contributed by atoms with Crippen molar-refractivity contribution in [2.45, 2.75) is 56.7 Å². The molecule has 0 unspecified atom stereocenters. The summed E-state index contributed by atoms with van der Waals surface area (Å²) in [5.74, 6) is -2.05. The number of thiocarbonyl (C=S) groups is 1. The lowest BCUT2D eigenvalue weighted by Crippen LogP contribution is -2.29. The highest BCUT2D eigenvalue weighted by molar-refractivity contribution is 7.80. The van der Waals surface area contributed by atoms with Crippen molar-refractivity contribution < 1.29 is 23.0 Å². The van der Waals surface area contributed by atoms with E-state index in [4.69, 9.17) is 17.0 Å². The molecule has 4 rings (SSSR count). The number of benzene rings is 1. The minimum absolute atomic E-state index is 0.0543. The first-order valence-electron chi connectivity index (χ1n) is 11.0. The molecule has 11 heteroatoms. The number of nitrogens with one attached hydrogen (secondary N) is 3. The zero-order valence-electron chi connectivity index (χ0n) is 17.9. The number of aliphatic hydroxyl groups excluding tert-OH is 1. The van der Waals surface area contributed by atoms with E-state index in [1.54, 1.807) is 6.20 Å². The van der Waals surface area contributed by atoms with Crippen molar-refractivity contribution in [3.05, 3.63) is 41.3 Å². The minimum atomic E-state index is -0.994. The third-order valence-electron chi connectivity index (χ3n) is 5.81. The molecule has 2 heterocycles. The summed E-state index contributed by atoms with van der Waals surface area (Å²) in [5, 5.41) is 19.3. The molecule has 1 saturated carbocycles. The Hall–Kier alpha value is -2.50. The Kier molecular flexibility index (Phi) is 7.61. The summed E-state index contributed by atoms with van der Waals surface area (Å²) in [4.78, 5) is 9.08. The standard InChI is InChI=1S/C22H26F3N5O2S/c23-12-7-17(24)16(18(25)8-12)9-20(33)29-19-10-26-22(28-13-1-3-15(31)4-2-13)30-21(19)27-14-5-6-32-11-14/h7-8,10,13-15,31H,1-6,9,11H2,(H,29,33)(H2,26,27,28,30)/t13?,14-,15?/m0/s1/i22+2. The molecule has 1 aliphatic carbocycles. The van der Waals surface area contributed by atoms with Crippen molar-refractivity contribution in [1.82, 2.24) is 9.97 Å². The fourth-order valence-corrected chi connectivity index (χ4v) is 4.25. The van der Waals surface area contributed by atoms with Crippen molar-refractivity contribution in [3.8, 4) is 0 Å². The number of hydrogen-bond acceptors (Lipinski definition) is 7. The van der Waals surface area contributed by atoms with Gasteiger partial charge < -0.3 is 25.8 Å². The van der Waals surface area contributed by atoms with Crippen LogP contribution in [0.4, 0.5) is 30.6 Å². The highest BCUT2D eigenvalue weighted by Gasteiger charge is 2.22. The van der Waals surface area contributed by atoms with Crippen molar-refractivity contribution in [2.24, 2.45) is 0 Å². The maximum Gasteiger partial charge on any atom is 0.224 e. The fraction of sp³-hybridized carbons (Fsp3) is 0.500. The molecule has 4 N–H and O–H groups in total. The Morgan fingerprint density at radius 2 is 1.85 bits per heavy atom. The first-order chi connectivity index (χ1) is 15.9. The molecule has 1 atom stereocenters. The van der Waals surface area contributed by atoms with Crippen molar-refractivity contribution in [3.63, 3.8) is 0 Å². The normalized spacial score (nSPS) is 22.7. The average molecular weight is 484 g/mol. The molecule has 0 radical (unpaired) electrons. The smallest absolute Gasteiger partial charge is 0.224 e. The fourth-order valence-electron chi connectivity index (χ4n) is 3.99. The van der Waals surface area contributed by atoms with Gasteiger partial charge in [0, 0.05) is 36.8 Å². The van der Waals surface area contributed by atoms with E-state index in [0.29, 0.717) is 42.8 Å². The quantitative estimate of drug-likeness (QED) is 0.443. The van der Waals surface area contributed by atoms with E-state index in [1.807, 2.05) is 0 Å². The van der Waals surface area contributed by atoms with E-state index in [1.165, 1.54) is 0 Å². The number of anilines is 3. The van der Waals surface area contributed by atoms with Gasteiger partial charge in [0.1, 0.15) is 23.1 Å². The molecule has 1 aromatic carbocycles. The van der Waals surface area contributed by atoms with Gasteiger partial charge in [0.15, 0.2) is 5.82 Å². The summed E-state index contributed by atoms with van der Waals surface area (Å²) in [6.07, 6.45) is 4.96. The van der Waals surface area contributed by atoms with Gasteiger partial charge >= 0.3 is 0 Å². The van der Waals surface area contributed by atoms with Crippen molar-refractivity contribution in [2.75, 3.05) is 29.2 Å². The summed E-state index contributed by atoms with van der Waals surface area (Å²) in [7, 11) is 0. The third kappa shape index (κ3) is 6.30. The van der Waals surface area contributed by atoms with Crippen molar-refractivity contribution in [1.29, 1.82) is 0 Å². The zero-order chi connectivity index (χ0) is 23.4. The molecule has 1 aliphatic heterocycles. The van der Waals surface area contributed by atoms with E-state index >= 15 is 0 Å². The number of nitrogens with zero attached hydrogens (tertiary/aromatic N) is 2. The molecule has 33 heavy (non-hydrogen) atoms. The first kappa shape index (κ1) is 23.7. The lowest BCUT2D eigenvalue weighted by atomic mass is 9.94. The topological polar surface area (TPSA) is 91.3 Å². The Bertz CT molecular complexity index is 975. The average Bonchev–Trinajstić information content (AvgIpc) is 3.27. The summed E-state index contributed by atoms with van der Waals surface area (Å²) in [6, 6.07) is 1.48. The maximum atomic E-state index is 14.0. The molecular formula is C22H26F3N5O2S. The predicted octanol–water partition coefficient (Wildman–Crippen LogP) is 3.79. The number of ether oxygens (including phenoxy) is 1. The summed E-state index contributed by atoms with van der Waals surface area (Å²) >= 11 is 5.30. The molecule has 0 bridgehead atoms. The van der Waals surface area contributed by atoms with Crippen molar-refractivity contribution >= 4 is 34.7 Å². The largest absolute Gasteiger partial charge is 0.393 e. The van der Waals surface area contributed by atoms with Crippen LogP contribution in [0.3, 0.4) is 0 Å². The van der Waals surface area contributed by atoms with Gasteiger partial charge in [0.2, 0.25) is 5.95 Å². The first-order valence-corrected chi connectivity index (χ1v) is 11.4. The SMILES string of the molecule is OC1CCC(N[14c]2ncc(NC(=S)Cc3c(F)cc(F)cc3F)c(N[C@H]3CCOC3)n2)CC1. The molecule has 178 valence electrons. The number of aliphatic hydroxyl groups is 1. The highest BCUT2D eigenvalue weighted by Crippen LogP contribution is 2.26. The minimum Gasteiger partial charge on any atom is -0.393 e. The second kappa shape index (κ2) is 10.6. The van der Waals surface area contributed by atoms with Gasteiger partial charge in [0.05, 0.1) is 29.9 Å². The van der Waals surface area contributed by atoms with Gasteiger partial charge in [-0.2, -0.15) is 4.98 Å². The third-order valence-corrected chi connectivity index (χ3v) is 6.05.